The van der Waals surface area contributed by atoms with Gasteiger partial charge in [-0.25, -0.2) is 14.4 Å². The van der Waals surface area contributed by atoms with Gasteiger partial charge in [-0.1, -0.05) is 12.1 Å². The molecule has 1 aliphatic rings. The van der Waals surface area contributed by atoms with Crippen molar-refractivity contribution in [2.45, 2.75) is 19.6 Å². The first kappa shape index (κ1) is 21.2. The Labute approximate surface area is 193 Å². The summed E-state index contributed by atoms with van der Waals surface area (Å²) in [6.07, 6.45) is 5.90. The van der Waals surface area contributed by atoms with Gasteiger partial charge in [-0.05, 0) is 23.8 Å². The molecule has 1 aliphatic heterocycles. The molecule has 0 bridgehead atoms. The highest BCUT2D eigenvalue weighted by molar-refractivity contribution is 7.14. The molecular formula is C23H21FN6O2S. The molecule has 168 valence electrons. The van der Waals surface area contributed by atoms with E-state index in [-0.39, 0.29) is 12.5 Å². The van der Waals surface area contributed by atoms with Crippen molar-refractivity contribution in [2.75, 3.05) is 11.9 Å². The molecule has 0 spiro atoms. The minimum atomic E-state index is -0.410. The molecule has 10 heteroatoms. The SMILES string of the molecule is Cn1cc(Nc2nccc(-c3ccc(CNC(=O)c4cc5c(s4)CCOC5)c(F)c3)n2)cn1. The van der Waals surface area contributed by atoms with Crippen molar-refractivity contribution in [1.82, 2.24) is 25.1 Å². The zero-order valence-corrected chi connectivity index (χ0v) is 18.7. The van der Waals surface area contributed by atoms with Crippen molar-refractivity contribution in [2.24, 2.45) is 7.05 Å². The van der Waals surface area contributed by atoms with Crippen LogP contribution in [0.4, 0.5) is 16.0 Å². The Balaban J connectivity index is 1.26. The molecule has 0 saturated heterocycles. The second kappa shape index (κ2) is 9.08. The molecule has 0 aliphatic carbocycles. The zero-order valence-electron chi connectivity index (χ0n) is 17.8. The summed E-state index contributed by atoms with van der Waals surface area (Å²) in [7, 11) is 1.82. The number of ether oxygens (including phenoxy) is 1. The summed E-state index contributed by atoms with van der Waals surface area (Å²) in [6.45, 7) is 1.32. The molecule has 0 radical (unpaired) electrons. The van der Waals surface area contributed by atoms with Crippen LogP contribution in [-0.2, 0) is 31.4 Å². The molecule has 0 saturated carbocycles. The van der Waals surface area contributed by atoms with Gasteiger partial charge in [-0.3, -0.25) is 9.48 Å². The van der Waals surface area contributed by atoms with Gasteiger partial charge in [0.15, 0.2) is 0 Å². The van der Waals surface area contributed by atoms with Gasteiger partial charge < -0.3 is 15.4 Å². The molecule has 0 unspecified atom stereocenters. The number of hydrogen-bond donors (Lipinski definition) is 2. The van der Waals surface area contributed by atoms with Crippen LogP contribution in [0, 0.1) is 5.82 Å². The van der Waals surface area contributed by atoms with E-state index in [9.17, 15) is 9.18 Å². The van der Waals surface area contributed by atoms with E-state index in [1.807, 2.05) is 13.1 Å². The topological polar surface area (TPSA) is 94.0 Å². The van der Waals surface area contributed by atoms with Crippen LogP contribution in [0.2, 0.25) is 0 Å². The monoisotopic (exact) mass is 464 g/mol. The van der Waals surface area contributed by atoms with Crippen molar-refractivity contribution < 1.29 is 13.9 Å². The molecule has 0 fully saturated rings. The number of benzene rings is 1. The molecule has 1 amide bonds. The van der Waals surface area contributed by atoms with Crippen LogP contribution in [0.3, 0.4) is 0 Å². The number of amides is 1. The van der Waals surface area contributed by atoms with Crippen molar-refractivity contribution >= 4 is 28.9 Å². The first-order chi connectivity index (χ1) is 16.0. The zero-order chi connectivity index (χ0) is 22.8. The van der Waals surface area contributed by atoms with Crippen molar-refractivity contribution in [3.8, 4) is 11.3 Å². The normalized spacial score (nSPS) is 12.9. The number of carbonyl (C=O) groups is 1. The van der Waals surface area contributed by atoms with E-state index in [4.69, 9.17) is 4.74 Å². The van der Waals surface area contributed by atoms with Gasteiger partial charge >= 0.3 is 0 Å². The van der Waals surface area contributed by atoms with Crippen molar-refractivity contribution in [1.29, 1.82) is 0 Å². The third kappa shape index (κ3) is 4.76. The van der Waals surface area contributed by atoms with E-state index in [1.54, 1.807) is 41.5 Å². The quantitative estimate of drug-likeness (QED) is 0.451. The average Bonchev–Trinajstić information content (AvgIpc) is 3.44. The predicted octanol–water partition coefficient (Wildman–Crippen LogP) is 3.82. The van der Waals surface area contributed by atoms with Crippen LogP contribution in [0.15, 0.2) is 48.9 Å². The van der Waals surface area contributed by atoms with Gasteiger partial charge in [0.1, 0.15) is 5.82 Å². The molecule has 33 heavy (non-hydrogen) atoms. The fourth-order valence-corrected chi connectivity index (χ4v) is 4.63. The van der Waals surface area contributed by atoms with Gasteiger partial charge in [0.2, 0.25) is 5.95 Å². The lowest BCUT2D eigenvalue weighted by molar-refractivity contribution is 0.0954. The minimum Gasteiger partial charge on any atom is -0.376 e. The van der Waals surface area contributed by atoms with Crippen LogP contribution in [-0.4, -0.2) is 32.3 Å². The van der Waals surface area contributed by atoms with E-state index < -0.39 is 5.82 Å². The summed E-state index contributed by atoms with van der Waals surface area (Å²) < 4.78 is 21.9. The standard InChI is InChI=1S/C23H21FN6O2S/c1-30-12-17(11-27-30)28-23-25-6-4-19(29-23)14-2-3-15(18(24)8-14)10-26-22(31)21-9-16-13-32-7-5-20(16)33-21/h2-4,6,8-9,11-12H,5,7,10,13H2,1H3,(H,26,31)(H,25,28,29). The van der Waals surface area contributed by atoms with E-state index in [0.29, 0.717) is 40.9 Å². The number of thiophene rings is 1. The Kier molecular flexibility index (Phi) is 5.84. The maximum Gasteiger partial charge on any atom is 0.261 e. The second-order valence-electron chi connectivity index (χ2n) is 7.64. The highest BCUT2D eigenvalue weighted by Crippen LogP contribution is 2.27. The number of aryl methyl sites for hydroxylation is 1. The molecule has 0 atom stereocenters. The predicted molar refractivity (Wildman–Crippen MR) is 123 cm³/mol. The molecule has 4 aromatic rings. The van der Waals surface area contributed by atoms with Gasteiger partial charge in [-0.2, -0.15) is 5.10 Å². The molecule has 1 aromatic carbocycles. The minimum absolute atomic E-state index is 0.0988. The third-order valence-corrected chi connectivity index (χ3v) is 6.49. The van der Waals surface area contributed by atoms with Gasteiger partial charge in [-0.15, -0.1) is 11.3 Å². The fourth-order valence-electron chi connectivity index (χ4n) is 3.57. The summed E-state index contributed by atoms with van der Waals surface area (Å²) in [6, 6.07) is 8.43. The Morgan fingerprint density at radius 2 is 2.21 bits per heavy atom. The summed E-state index contributed by atoms with van der Waals surface area (Å²) in [4.78, 5) is 23.0. The number of aromatic nitrogens is 4. The van der Waals surface area contributed by atoms with E-state index in [0.717, 1.165) is 17.7 Å². The fraction of sp³-hybridized carbons (Fsp3) is 0.217. The number of nitrogens with one attached hydrogen (secondary N) is 2. The van der Waals surface area contributed by atoms with Gasteiger partial charge in [0.05, 0.1) is 35.7 Å². The summed E-state index contributed by atoms with van der Waals surface area (Å²) in [5.41, 5.74) is 3.42. The molecule has 8 nitrogen and oxygen atoms in total. The largest absolute Gasteiger partial charge is 0.376 e. The molecular weight excluding hydrogens is 443 g/mol. The summed E-state index contributed by atoms with van der Waals surface area (Å²) in [5, 5.41) is 9.98. The van der Waals surface area contributed by atoms with Crippen LogP contribution in [0.5, 0.6) is 0 Å². The lowest BCUT2D eigenvalue weighted by atomic mass is 10.1. The van der Waals surface area contributed by atoms with Crippen LogP contribution >= 0.6 is 11.3 Å². The smallest absolute Gasteiger partial charge is 0.261 e. The third-order valence-electron chi connectivity index (χ3n) is 5.26. The first-order valence-corrected chi connectivity index (χ1v) is 11.2. The number of anilines is 2. The lowest BCUT2D eigenvalue weighted by Gasteiger charge is -2.10. The molecule has 4 heterocycles. The maximum atomic E-state index is 14.8. The Bertz CT molecular complexity index is 1290. The second-order valence-corrected chi connectivity index (χ2v) is 8.78. The van der Waals surface area contributed by atoms with E-state index in [1.165, 1.54) is 22.3 Å². The van der Waals surface area contributed by atoms with E-state index in [2.05, 4.69) is 25.7 Å². The number of nitrogens with zero attached hydrogens (tertiary/aromatic N) is 4. The Morgan fingerprint density at radius 3 is 3.00 bits per heavy atom. The highest BCUT2D eigenvalue weighted by atomic mass is 32.1. The molecule has 5 rings (SSSR count). The van der Waals surface area contributed by atoms with Gasteiger partial charge in [0, 0.05) is 48.4 Å². The number of rotatable bonds is 6. The van der Waals surface area contributed by atoms with Crippen molar-refractivity contribution in [3.05, 3.63) is 75.6 Å². The first-order valence-electron chi connectivity index (χ1n) is 10.4. The summed E-state index contributed by atoms with van der Waals surface area (Å²) >= 11 is 1.47. The molecule has 3 aromatic heterocycles. The number of hydrogen-bond acceptors (Lipinski definition) is 7. The van der Waals surface area contributed by atoms with E-state index >= 15 is 0 Å². The van der Waals surface area contributed by atoms with Crippen LogP contribution < -0.4 is 10.6 Å². The van der Waals surface area contributed by atoms with Crippen LogP contribution in [0.25, 0.3) is 11.3 Å². The van der Waals surface area contributed by atoms with Crippen molar-refractivity contribution in [3.63, 3.8) is 0 Å². The Hall–Kier alpha value is -3.63. The number of halogens is 1. The summed E-state index contributed by atoms with van der Waals surface area (Å²) in [5.74, 6) is -0.229. The Morgan fingerprint density at radius 1 is 1.30 bits per heavy atom. The lowest BCUT2D eigenvalue weighted by Crippen LogP contribution is -2.22. The highest BCUT2D eigenvalue weighted by Gasteiger charge is 2.18. The molecule has 2 N–H and O–H groups in total. The maximum absolute atomic E-state index is 14.8. The van der Waals surface area contributed by atoms with Gasteiger partial charge in [0.25, 0.3) is 5.91 Å². The average molecular weight is 465 g/mol. The number of fused-ring (bicyclic) bond motifs is 1. The van der Waals surface area contributed by atoms with Crippen LogP contribution in [0.1, 0.15) is 25.7 Å². The number of carbonyl (C=O) groups excluding carboxylic acids is 1.